The first kappa shape index (κ1) is 20.8. The minimum atomic E-state index is -0.874. The van der Waals surface area contributed by atoms with Gasteiger partial charge < -0.3 is 20.1 Å². The number of nitrogens with two attached hydrogens (primary N) is 1. The van der Waals surface area contributed by atoms with Crippen LogP contribution in [0, 0.1) is 11.3 Å². The molecule has 0 aliphatic carbocycles. The van der Waals surface area contributed by atoms with Gasteiger partial charge in [0.2, 0.25) is 0 Å². The highest BCUT2D eigenvalue weighted by Crippen LogP contribution is 2.54. The van der Waals surface area contributed by atoms with Gasteiger partial charge >= 0.3 is 6.09 Å². The van der Waals surface area contributed by atoms with Crippen molar-refractivity contribution in [3.63, 3.8) is 0 Å². The topological polar surface area (TPSA) is 95.1 Å². The smallest absolute Gasteiger partial charge is 0.410 e. The Morgan fingerprint density at radius 1 is 1.25 bits per heavy atom. The van der Waals surface area contributed by atoms with Crippen molar-refractivity contribution in [2.75, 3.05) is 18.5 Å². The molecule has 2 N–H and O–H groups in total. The van der Waals surface area contributed by atoms with Crippen molar-refractivity contribution in [1.29, 1.82) is 5.26 Å². The zero-order chi connectivity index (χ0) is 22.7. The fourth-order valence-corrected chi connectivity index (χ4v) is 5.37. The van der Waals surface area contributed by atoms with Gasteiger partial charge in [-0.3, -0.25) is 4.90 Å². The molecular weight excluding hydrogens is 404 g/mol. The summed E-state index contributed by atoms with van der Waals surface area (Å²) in [5.74, 6) is 0. The van der Waals surface area contributed by atoms with E-state index in [4.69, 9.17) is 15.2 Å². The molecule has 2 aromatic rings. The molecule has 1 saturated heterocycles. The Bertz CT molecular complexity index is 1100. The number of hydrogen-bond donors (Lipinski definition) is 1. The van der Waals surface area contributed by atoms with Crippen LogP contribution in [0.4, 0.5) is 10.5 Å². The van der Waals surface area contributed by atoms with Crippen LogP contribution in [0.3, 0.4) is 0 Å². The van der Waals surface area contributed by atoms with Crippen molar-refractivity contribution < 1.29 is 14.3 Å². The lowest BCUT2D eigenvalue weighted by molar-refractivity contribution is 0.0723. The van der Waals surface area contributed by atoms with E-state index in [0.29, 0.717) is 13.0 Å². The van der Waals surface area contributed by atoms with Gasteiger partial charge in [-0.05, 0) is 37.5 Å². The van der Waals surface area contributed by atoms with Gasteiger partial charge in [-0.1, -0.05) is 42.5 Å². The Morgan fingerprint density at radius 2 is 1.97 bits per heavy atom. The van der Waals surface area contributed by atoms with Crippen molar-refractivity contribution in [1.82, 2.24) is 4.90 Å². The first-order chi connectivity index (χ1) is 15.3. The normalized spacial score (nSPS) is 29.7. The molecular formula is C25H28N4O3. The number of anilines is 1. The van der Waals surface area contributed by atoms with Gasteiger partial charge in [0.15, 0.2) is 0 Å². The number of benzene rings is 2. The summed E-state index contributed by atoms with van der Waals surface area (Å²) in [4.78, 5) is 17.1. The molecule has 4 atom stereocenters. The largest absolute Gasteiger partial charge is 0.445 e. The minimum absolute atomic E-state index is 0.174. The Balaban J connectivity index is 1.55. The maximum atomic E-state index is 13.3. The molecule has 3 aliphatic rings. The molecule has 0 radical (unpaired) electrons. The summed E-state index contributed by atoms with van der Waals surface area (Å²) < 4.78 is 11.8. The molecule has 0 aromatic heterocycles. The molecule has 0 bridgehead atoms. The molecule has 32 heavy (non-hydrogen) atoms. The SMILES string of the molecule is CN1c2cccc3c2[C@@](N)(CCN(C(=O)OCc2ccccc2)[C@@H]3[C@H]2OC2(C)C)[C@H]1C#N. The summed E-state index contributed by atoms with van der Waals surface area (Å²) in [6.07, 6.45) is -0.107. The van der Waals surface area contributed by atoms with E-state index < -0.39 is 17.7 Å². The van der Waals surface area contributed by atoms with Gasteiger partial charge in [-0.2, -0.15) is 5.26 Å². The molecule has 166 valence electrons. The van der Waals surface area contributed by atoms with E-state index in [1.165, 1.54) is 0 Å². The Labute approximate surface area is 188 Å². The molecule has 7 heteroatoms. The lowest BCUT2D eigenvalue weighted by Gasteiger charge is -2.31. The number of nitrogens with zero attached hydrogens (tertiary/aromatic N) is 3. The lowest BCUT2D eigenvalue weighted by Crippen LogP contribution is -2.50. The molecule has 2 aromatic carbocycles. The van der Waals surface area contributed by atoms with Gasteiger partial charge in [0, 0.05) is 24.8 Å². The average Bonchev–Trinajstić information content (AvgIpc) is 3.38. The number of amides is 1. The maximum Gasteiger partial charge on any atom is 0.410 e. The second-order valence-corrected chi connectivity index (χ2v) is 9.49. The number of hydrogen-bond acceptors (Lipinski definition) is 6. The molecule has 0 spiro atoms. The Morgan fingerprint density at radius 3 is 2.62 bits per heavy atom. The van der Waals surface area contributed by atoms with Gasteiger partial charge in [0.1, 0.15) is 18.8 Å². The summed E-state index contributed by atoms with van der Waals surface area (Å²) in [5.41, 5.74) is 9.50. The molecule has 1 amide bonds. The molecule has 7 nitrogen and oxygen atoms in total. The first-order valence-electron chi connectivity index (χ1n) is 11.0. The third-order valence-electron chi connectivity index (χ3n) is 7.12. The number of likely N-dealkylation sites (N-methyl/N-ethyl adjacent to an activating group) is 1. The van der Waals surface area contributed by atoms with Crippen LogP contribution in [-0.2, 0) is 21.6 Å². The van der Waals surface area contributed by atoms with Crippen LogP contribution >= 0.6 is 0 Å². The zero-order valence-corrected chi connectivity index (χ0v) is 18.6. The second kappa shape index (κ2) is 7.22. The van der Waals surface area contributed by atoms with Gasteiger partial charge in [-0.25, -0.2) is 4.79 Å². The Kier molecular flexibility index (Phi) is 4.70. The zero-order valence-electron chi connectivity index (χ0n) is 18.6. The summed E-state index contributed by atoms with van der Waals surface area (Å²) in [5, 5.41) is 9.94. The molecule has 0 unspecified atom stereocenters. The number of epoxide rings is 1. The maximum absolute atomic E-state index is 13.3. The van der Waals surface area contributed by atoms with Crippen LogP contribution < -0.4 is 10.6 Å². The van der Waals surface area contributed by atoms with Crippen LogP contribution in [0.2, 0.25) is 0 Å². The van der Waals surface area contributed by atoms with Crippen molar-refractivity contribution >= 4 is 11.8 Å². The van der Waals surface area contributed by atoms with Gasteiger partial charge in [0.25, 0.3) is 0 Å². The number of ether oxygens (including phenoxy) is 2. The Hall–Kier alpha value is -3.08. The summed E-state index contributed by atoms with van der Waals surface area (Å²) in [6.45, 7) is 4.63. The van der Waals surface area contributed by atoms with Crippen molar-refractivity contribution in [2.45, 2.75) is 56.2 Å². The lowest BCUT2D eigenvalue weighted by atomic mass is 9.81. The van der Waals surface area contributed by atoms with Crippen molar-refractivity contribution in [3.8, 4) is 6.07 Å². The fourth-order valence-electron chi connectivity index (χ4n) is 5.37. The predicted molar refractivity (Wildman–Crippen MR) is 120 cm³/mol. The third kappa shape index (κ3) is 3.06. The highest BCUT2D eigenvalue weighted by Gasteiger charge is 2.60. The molecule has 1 fully saturated rings. The van der Waals surface area contributed by atoms with E-state index in [1.807, 2.05) is 74.3 Å². The summed E-state index contributed by atoms with van der Waals surface area (Å²) in [7, 11) is 1.91. The number of carbonyl (C=O) groups excluding carboxylic acids is 1. The van der Waals surface area contributed by atoms with E-state index in [2.05, 4.69) is 6.07 Å². The quantitative estimate of drug-likeness (QED) is 0.747. The highest BCUT2D eigenvalue weighted by atomic mass is 16.6. The first-order valence-corrected chi connectivity index (χ1v) is 11.0. The highest BCUT2D eigenvalue weighted by molar-refractivity contribution is 5.73. The van der Waals surface area contributed by atoms with Crippen LogP contribution in [0.5, 0.6) is 0 Å². The average molecular weight is 433 g/mol. The molecule has 3 heterocycles. The van der Waals surface area contributed by atoms with E-state index in [0.717, 1.165) is 22.4 Å². The standard InChI is InChI=1S/C25H28N4O3/c1-24(2)22(32-24)21-17-10-7-11-18-20(17)25(27,19(14-26)28(18)3)12-13-29(21)23(30)31-15-16-8-5-4-6-9-16/h4-11,19,21-22H,12-13,15,27H2,1-3H3/t19-,21+,22-,25-/m1/s1. The molecule has 5 rings (SSSR count). The molecule has 3 aliphatic heterocycles. The second-order valence-electron chi connectivity index (χ2n) is 9.49. The minimum Gasteiger partial charge on any atom is -0.445 e. The van der Waals surface area contributed by atoms with E-state index >= 15 is 0 Å². The summed E-state index contributed by atoms with van der Waals surface area (Å²) >= 11 is 0. The van der Waals surface area contributed by atoms with E-state index in [1.54, 1.807) is 4.90 Å². The van der Waals surface area contributed by atoms with Crippen LogP contribution in [0.25, 0.3) is 0 Å². The third-order valence-corrected chi connectivity index (χ3v) is 7.12. The van der Waals surface area contributed by atoms with Crippen molar-refractivity contribution in [3.05, 3.63) is 65.2 Å². The number of carbonyl (C=O) groups is 1. The van der Waals surface area contributed by atoms with Gasteiger partial charge in [0.05, 0.1) is 23.3 Å². The van der Waals surface area contributed by atoms with Crippen LogP contribution in [-0.4, -0.2) is 42.3 Å². The number of nitriles is 1. The van der Waals surface area contributed by atoms with E-state index in [9.17, 15) is 10.1 Å². The molecule has 0 saturated carbocycles. The predicted octanol–water partition coefficient (Wildman–Crippen LogP) is 3.44. The van der Waals surface area contributed by atoms with Crippen LogP contribution in [0.1, 0.15) is 43.0 Å². The van der Waals surface area contributed by atoms with Crippen molar-refractivity contribution in [2.24, 2.45) is 5.73 Å². The summed E-state index contributed by atoms with van der Waals surface area (Å²) in [6, 6.07) is 17.2. The van der Waals surface area contributed by atoms with E-state index in [-0.39, 0.29) is 24.4 Å². The number of rotatable bonds is 3. The van der Waals surface area contributed by atoms with Crippen LogP contribution in [0.15, 0.2) is 48.5 Å². The van der Waals surface area contributed by atoms with Gasteiger partial charge in [-0.15, -0.1) is 0 Å². The monoisotopic (exact) mass is 432 g/mol. The fraction of sp³-hybridized carbons (Fsp3) is 0.440.